The largest absolute Gasteiger partial charge is 0.396 e. The minimum Gasteiger partial charge on any atom is -0.396 e. The van der Waals surface area contributed by atoms with E-state index in [1.165, 1.54) is 12.1 Å². The van der Waals surface area contributed by atoms with Crippen molar-refractivity contribution >= 4 is 0 Å². The van der Waals surface area contributed by atoms with Crippen LogP contribution in [0.3, 0.4) is 0 Å². The molecule has 0 atom stereocenters. The SMILES string of the molecule is OCC1(CN2CCc3c(F)ccc(F)c3C2)COC1. The van der Waals surface area contributed by atoms with Crippen molar-refractivity contribution in [1.82, 2.24) is 4.90 Å². The number of aliphatic hydroxyl groups is 1. The molecule has 2 heterocycles. The van der Waals surface area contributed by atoms with E-state index >= 15 is 0 Å². The van der Waals surface area contributed by atoms with Crippen LogP contribution >= 0.6 is 0 Å². The summed E-state index contributed by atoms with van der Waals surface area (Å²) in [6.07, 6.45) is 0.515. The molecule has 3 nitrogen and oxygen atoms in total. The summed E-state index contributed by atoms with van der Waals surface area (Å²) >= 11 is 0. The molecule has 19 heavy (non-hydrogen) atoms. The van der Waals surface area contributed by atoms with E-state index < -0.39 is 0 Å². The molecule has 5 heteroatoms. The van der Waals surface area contributed by atoms with Gasteiger partial charge in [-0.05, 0) is 24.1 Å². The first-order chi connectivity index (χ1) is 9.13. The molecule has 2 aliphatic rings. The van der Waals surface area contributed by atoms with Crippen LogP contribution in [0, 0.1) is 17.0 Å². The second-order valence-electron chi connectivity index (χ2n) is 5.60. The monoisotopic (exact) mass is 269 g/mol. The van der Waals surface area contributed by atoms with Gasteiger partial charge in [-0.1, -0.05) is 0 Å². The van der Waals surface area contributed by atoms with Crippen LogP contribution in [-0.2, 0) is 17.7 Å². The maximum Gasteiger partial charge on any atom is 0.128 e. The molecular weight excluding hydrogens is 252 g/mol. The van der Waals surface area contributed by atoms with Gasteiger partial charge in [-0.25, -0.2) is 8.78 Å². The molecule has 0 unspecified atom stereocenters. The van der Waals surface area contributed by atoms with Crippen molar-refractivity contribution in [2.24, 2.45) is 5.41 Å². The molecule has 0 bridgehead atoms. The maximum absolute atomic E-state index is 13.8. The van der Waals surface area contributed by atoms with E-state index in [0.29, 0.717) is 50.4 Å². The highest BCUT2D eigenvalue weighted by molar-refractivity contribution is 5.32. The van der Waals surface area contributed by atoms with Crippen LogP contribution in [0.25, 0.3) is 0 Å². The first-order valence-electron chi connectivity index (χ1n) is 6.50. The lowest BCUT2D eigenvalue weighted by Crippen LogP contribution is -2.54. The Balaban J connectivity index is 1.77. The smallest absolute Gasteiger partial charge is 0.128 e. The first-order valence-corrected chi connectivity index (χ1v) is 6.50. The standard InChI is InChI=1S/C14H17F2NO2/c15-12-1-2-13(16)11-5-17(4-3-10(11)12)6-14(7-18)8-19-9-14/h1-2,18H,3-9H2. The Morgan fingerprint density at radius 3 is 2.47 bits per heavy atom. The summed E-state index contributed by atoms with van der Waals surface area (Å²) in [5.74, 6) is -0.663. The molecular formula is C14H17F2NO2. The maximum atomic E-state index is 13.8. The Kier molecular flexibility index (Phi) is 3.28. The number of hydrogen-bond acceptors (Lipinski definition) is 3. The van der Waals surface area contributed by atoms with Crippen molar-refractivity contribution in [3.63, 3.8) is 0 Å². The van der Waals surface area contributed by atoms with E-state index in [-0.39, 0.29) is 23.7 Å². The van der Waals surface area contributed by atoms with Gasteiger partial charge in [0.05, 0.1) is 25.2 Å². The summed E-state index contributed by atoms with van der Waals surface area (Å²) in [4.78, 5) is 2.07. The summed E-state index contributed by atoms with van der Waals surface area (Å²) in [5.41, 5.74) is 0.736. The first kappa shape index (κ1) is 13.0. The zero-order valence-electron chi connectivity index (χ0n) is 10.7. The highest BCUT2D eigenvalue weighted by atomic mass is 19.1. The van der Waals surface area contributed by atoms with Gasteiger partial charge in [-0.15, -0.1) is 0 Å². The van der Waals surface area contributed by atoms with Crippen LogP contribution in [0.4, 0.5) is 8.78 Å². The predicted molar refractivity (Wildman–Crippen MR) is 65.7 cm³/mol. The molecule has 1 fully saturated rings. The second-order valence-corrected chi connectivity index (χ2v) is 5.60. The van der Waals surface area contributed by atoms with E-state index in [2.05, 4.69) is 4.90 Å². The number of hydrogen-bond donors (Lipinski definition) is 1. The number of nitrogens with zero attached hydrogens (tertiary/aromatic N) is 1. The fourth-order valence-electron chi connectivity index (χ4n) is 2.88. The van der Waals surface area contributed by atoms with Crippen LogP contribution in [0.1, 0.15) is 11.1 Å². The Labute approximate surface area is 110 Å². The molecule has 3 rings (SSSR count). The Hall–Kier alpha value is -1.04. The fraction of sp³-hybridized carbons (Fsp3) is 0.571. The molecule has 1 N–H and O–H groups in total. The van der Waals surface area contributed by atoms with Crippen LogP contribution in [0.2, 0.25) is 0 Å². The van der Waals surface area contributed by atoms with E-state index in [4.69, 9.17) is 4.74 Å². The van der Waals surface area contributed by atoms with E-state index in [1.54, 1.807) is 0 Å². The van der Waals surface area contributed by atoms with Crippen molar-refractivity contribution in [2.75, 3.05) is 32.9 Å². The lowest BCUT2D eigenvalue weighted by atomic mass is 9.85. The summed E-state index contributed by atoms with van der Waals surface area (Å²) in [7, 11) is 0. The number of fused-ring (bicyclic) bond motifs is 1. The number of rotatable bonds is 3. The third-order valence-electron chi connectivity index (χ3n) is 4.09. The topological polar surface area (TPSA) is 32.7 Å². The number of aliphatic hydroxyl groups excluding tert-OH is 1. The minimum absolute atomic E-state index is 0.0714. The third-order valence-corrected chi connectivity index (χ3v) is 4.09. The molecule has 0 aliphatic carbocycles. The van der Waals surface area contributed by atoms with Gasteiger partial charge in [0.1, 0.15) is 11.6 Å². The molecule has 104 valence electrons. The van der Waals surface area contributed by atoms with E-state index in [9.17, 15) is 13.9 Å². The molecule has 0 radical (unpaired) electrons. The van der Waals surface area contributed by atoms with Crippen molar-refractivity contribution in [2.45, 2.75) is 13.0 Å². The van der Waals surface area contributed by atoms with E-state index in [1.807, 2.05) is 0 Å². The van der Waals surface area contributed by atoms with Crippen molar-refractivity contribution in [1.29, 1.82) is 0 Å². The molecule has 0 saturated carbocycles. The van der Waals surface area contributed by atoms with Crippen LogP contribution in [0.15, 0.2) is 12.1 Å². The molecule has 0 aromatic heterocycles. The normalized spacial score (nSPS) is 21.8. The summed E-state index contributed by atoms with van der Waals surface area (Å²) in [5, 5.41) is 9.42. The summed E-state index contributed by atoms with van der Waals surface area (Å²) in [6.45, 7) is 2.91. The van der Waals surface area contributed by atoms with Crippen molar-refractivity contribution < 1.29 is 18.6 Å². The molecule has 2 aliphatic heterocycles. The van der Waals surface area contributed by atoms with Crippen LogP contribution in [0.5, 0.6) is 0 Å². The number of halogens is 2. The van der Waals surface area contributed by atoms with Gasteiger partial charge in [0.25, 0.3) is 0 Å². The molecule has 1 aromatic rings. The number of ether oxygens (including phenoxy) is 1. The Morgan fingerprint density at radius 1 is 1.21 bits per heavy atom. The molecule has 1 saturated heterocycles. The van der Waals surface area contributed by atoms with Crippen LogP contribution in [-0.4, -0.2) is 42.9 Å². The second kappa shape index (κ2) is 4.81. The fourth-order valence-corrected chi connectivity index (χ4v) is 2.88. The highest BCUT2D eigenvalue weighted by Crippen LogP contribution is 2.31. The average molecular weight is 269 g/mol. The van der Waals surface area contributed by atoms with E-state index in [0.717, 1.165) is 0 Å². The van der Waals surface area contributed by atoms with Crippen molar-refractivity contribution in [3.05, 3.63) is 34.9 Å². The summed E-state index contributed by atoms with van der Waals surface area (Å²) < 4.78 is 32.5. The van der Waals surface area contributed by atoms with Crippen molar-refractivity contribution in [3.8, 4) is 0 Å². The van der Waals surface area contributed by atoms with Gasteiger partial charge in [0.15, 0.2) is 0 Å². The third kappa shape index (κ3) is 2.26. The lowest BCUT2D eigenvalue weighted by molar-refractivity contribution is -0.149. The molecule has 0 spiro atoms. The average Bonchev–Trinajstić information content (AvgIpc) is 2.38. The summed E-state index contributed by atoms with van der Waals surface area (Å²) in [6, 6.07) is 2.38. The van der Waals surface area contributed by atoms with Gasteiger partial charge >= 0.3 is 0 Å². The highest BCUT2D eigenvalue weighted by Gasteiger charge is 2.40. The van der Waals surface area contributed by atoms with Gasteiger partial charge in [0, 0.05) is 25.2 Å². The van der Waals surface area contributed by atoms with Gasteiger partial charge < -0.3 is 9.84 Å². The lowest BCUT2D eigenvalue weighted by Gasteiger charge is -2.44. The zero-order valence-corrected chi connectivity index (χ0v) is 10.7. The zero-order chi connectivity index (χ0) is 13.5. The predicted octanol–water partition coefficient (Wildman–Crippen LogP) is 1.33. The molecule has 0 amide bonds. The van der Waals surface area contributed by atoms with Gasteiger partial charge in [0.2, 0.25) is 0 Å². The number of benzene rings is 1. The Morgan fingerprint density at radius 2 is 1.89 bits per heavy atom. The van der Waals surface area contributed by atoms with Gasteiger partial charge in [-0.3, -0.25) is 4.90 Å². The quantitative estimate of drug-likeness (QED) is 0.898. The molecule has 1 aromatic carbocycles. The minimum atomic E-state index is -0.344. The Bertz CT molecular complexity index is 483. The van der Waals surface area contributed by atoms with Gasteiger partial charge in [-0.2, -0.15) is 0 Å². The van der Waals surface area contributed by atoms with Crippen LogP contribution < -0.4 is 0 Å².